The Balaban J connectivity index is 3.30. The summed E-state index contributed by atoms with van der Waals surface area (Å²) in [6, 6.07) is 3.22. The maximum Gasteiger partial charge on any atom is 0.121 e. The van der Waals surface area contributed by atoms with E-state index in [9.17, 15) is 0 Å². The zero-order valence-corrected chi connectivity index (χ0v) is 9.00. The molecule has 0 aliphatic rings. The van der Waals surface area contributed by atoms with Gasteiger partial charge in [0.1, 0.15) is 11.4 Å². The van der Waals surface area contributed by atoms with E-state index in [4.69, 9.17) is 27.9 Å². The number of hydrogen-bond donors (Lipinski definition) is 0. The fourth-order valence-corrected chi connectivity index (χ4v) is 1.46. The summed E-state index contributed by atoms with van der Waals surface area (Å²) < 4.78 is 4.95. The van der Waals surface area contributed by atoms with E-state index >= 15 is 0 Å². The fraction of sp³-hybridized carbons (Fsp3) is 0.125. The largest absolute Gasteiger partial charge is 0.497 e. The third-order valence-corrected chi connectivity index (χ3v) is 2.05. The lowest BCUT2D eigenvalue weighted by atomic mass is 10.3. The summed E-state index contributed by atoms with van der Waals surface area (Å²) in [5.74, 6) is 0.582. The predicted molar refractivity (Wildman–Crippen MR) is 57.7 cm³/mol. The number of nitrogens with zero attached hydrogens (tertiary/aromatic N) is 1. The van der Waals surface area contributed by atoms with E-state index in [2.05, 4.69) is 22.4 Å². The van der Waals surface area contributed by atoms with Crippen molar-refractivity contribution < 1.29 is 4.74 Å². The van der Waals surface area contributed by atoms with Crippen molar-refractivity contribution in [3.8, 4) is 5.75 Å². The van der Waals surface area contributed by atoms with Gasteiger partial charge < -0.3 is 4.74 Å². The Morgan fingerprint density at radius 3 is 2.31 bits per heavy atom. The van der Waals surface area contributed by atoms with E-state index in [0.717, 1.165) is 0 Å². The number of hydrogen-bond acceptors (Lipinski definition) is 3. The molecule has 0 saturated carbocycles. The molecule has 13 heavy (non-hydrogen) atoms. The van der Waals surface area contributed by atoms with Gasteiger partial charge in [0.05, 0.1) is 22.3 Å². The molecule has 0 unspecified atom stereocenters. The minimum absolute atomic E-state index is 0.390. The summed E-state index contributed by atoms with van der Waals surface area (Å²) >= 11 is 16.1. The molecule has 1 rings (SSSR count). The molecule has 0 saturated heterocycles. The summed E-state index contributed by atoms with van der Waals surface area (Å²) in [6.45, 7) is 0. The van der Waals surface area contributed by atoms with E-state index in [0.29, 0.717) is 21.5 Å². The summed E-state index contributed by atoms with van der Waals surface area (Å²) in [5, 5.41) is 2.98. The van der Waals surface area contributed by atoms with Crippen molar-refractivity contribution in [1.29, 1.82) is 0 Å². The van der Waals surface area contributed by atoms with Gasteiger partial charge in [0.2, 0.25) is 0 Å². The molecule has 0 atom stereocenters. The van der Waals surface area contributed by atoms with Crippen LogP contribution >= 0.6 is 35.4 Å². The molecular formula is C8H5Cl2NOS. The molecule has 0 aromatic heterocycles. The van der Waals surface area contributed by atoms with Crippen LogP contribution in [0, 0.1) is 0 Å². The fourth-order valence-electron chi connectivity index (χ4n) is 0.813. The molecule has 2 nitrogen and oxygen atoms in total. The molecule has 0 aliphatic carbocycles. The van der Waals surface area contributed by atoms with Gasteiger partial charge in [-0.15, -0.1) is 0 Å². The molecule has 68 valence electrons. The van der Waals surface area contributed by atoms with Crippen molar-refractivity contribution in [3.63, 3.8) is 0 Å². The maximum atomic E-state index is 5.85. The van der Waals surface area contributed by atoms with E-state index < -0.39 is 0 Å². The number of rotatable bonds is 2. The van der Waals surface area contributed by atoms with Gasteiger partial charge in [-0.2, -0.15) is 4.99 Å². The van der Waals surface area contributed by atoms with Crippen LogP contribution in [0.15, 0.2) is 17.1 Å². The number of ether oxygens (including phenoxy) is 1. The Morgan fingerprint density at radius 1 is 1.38 bits per heavy atom. The van der Waals surface area contributed by atoms with Crippen molar-refractivity contribution >= 4 is 46.3 Å². The normalized spacial score (nSPS) is 9.15. The molecular weight excluding hydrogens is 229 g/mol. The first kappa shape index (κ1) is 10.5. The highest BCUT2D eigenvalue weighted by molar-refractivity contribution is 7.78. The van der Waals surface area contributed by atoms with Gasteiger partial charge >= 0.3 is 0 Å². The highest BCUT2D eigenvalue weighted by Crippen LogP contribution is 2.36. The number of benzene rings is 1. The summed E-state index contributed by atoms with van der Waals surface area (Å²) in [6.07, 6.45) is 0. The topological polar surface area (TPSA) is 21.6 Å². The summed E-state index contributed by atoms with van der Waals surface area (Å²) in [4.78, 5) is 3.73. The van der Waals surface area contributed by atoms with Crippen LogP contribution in [0.4, 0.5) is 5.69 Å². The molecule has 0 fully saturated rings. The second-order valence-corrected chi connectivity index (χ2v) is 3.14. The van der Waals surface area contributed by atoms with Crippen LogP contribution in [0.5, 0.6) is 5.75 Å². The minimum atomic E-state index is 0.390. The van der Waals surface area contributed by atoms with Gasteiger partial charge in [0.25, 0.3) is 0 Å². The highest BCUT2D eigenvalue weighted by Gasteiger charge is 2.06. The maximum absolute atomic E-state index is 5.85. The van der Waals surface area contributed by atoms with Crippen molar-refractivity contribution in [2.45, 2.75) is 0 Å². The summed E-state index contributed by atoms with van der Waals surface area (Å²) in [7, 11) is 1.53. The number of aliphatic imine (C=N–C) groups is 1. The molecule has 0 amide bonds. The van der Waals surface area contributed by atoms with Crippen molar-refractivity contribution in [2.24, 2.45) is 4.99 Å². The second-order valence-electron chi connectivity index (χ2n) is 2.14. The third-order valence-electron chi connectivity index (χ3n) is 1.38. The molecule has 5 heteroatoms. The van der Waals surface area contributed by atoms with E-state index in [-0.39, 0.29) is 0 Å². The van der Waals surface area contributed by atoms with Crippen LogP contribution in [-0.2, 0) is 0 Å². The Morgan fingerprint density at radius 2 is 1.92 bits per heavy atom. The van der Waals surface area contributed by atoms with Gasteiger partial charge in [0, 0.05) is 12.1 Å². The van der Waals surface area contributed by atoms with Crippen LogP contribution < -0.4 is 4.74 Å². The first-order chi connectivity index (χ1) is 6.19. The Kier molecular flexibility index (Phi) is 3.70. The highest BCUT2D eigenvalue weighted by atomic mass is 35.5. The van der Waals surface area contributed by atoms with Crippen LogP contribution in [0.1, 0.15) is 0 Å². The molecule has 0 bridgehead atoms. The molecule has 0 aliphatic heterocycles. The van der Waals surface area contributed by atoms with Crippen LogP contribution in [0.25, 0.3) is 0 Å². The first-order valence-corrected chi connectivity index (χ1v) is 4.46. The van der Waals surface area contributed by atoms with Crippen LogP contribution in [0.2, 0.25) is 10.0 Å². The van der Waals surface area contributed by atoms with Gasteiger partial charge in [-0.1, -0.05) is 23.2 Å². The van der Waals surface area contributed by atoms with E-state index in [1.807, 2.05) is 0 Å². The molecule has 0 N–H and O–H groups in total. The third kappa shape index (κ3) is 2.42. The average Bonchev–Trinajstić information content (AvgIpc) is 2.11. The van der Waals surface area contributed by atoms with E-state index in [1.54, 1.807) is 12.1 Å². The number of isothiocyanates is 1. The molecule has 1 aromatic rings. The van der Waals surface area contributed by atoms with Crippen LogP contribution in [0.3, 0.4) is 0 Å². The van der Waals surface area contributed by atoms with Crippen molar-refractivity contribution in [1.82, 2.24) is 0 Å². The second kappa shape index (κ2) is 4.58. The molecule has 0 radical (unpaired) electrons. The molecule has 1 aromatic carbocycles. The lowest BCUT2D eigenvalue weighted by Crippen LogP contribution is -1.82. The number of thiocarbonyl (C=S) groups is 1. The molecule has 0 spiro atoms. The average molecular weight is 234 g/mol. The summed E-state index contributed by atoms with van der Waals surface area (Å²) in [5.41, 5.74) is 0.416. The SMILES string of the molecule is COc1cc(Cl)c(N=C=S)c(Cl)c1. The number of halogens is 2. The minimum Gasteiger partial charge on any atom is -0.497 e. The monoisotopic (exact) mass is 233 g/mol. The Labute approximate surface area is 91.1 Å². The van der Waals surface area contributed by atoms with Crippen molar-refractivity contribution in [3.05, 3.63) is 22.2 Å². The van der Waals surface area contributed by atoms with Gasteiger partial charge in [0.15, 0.2) is 0 Å². The standard InChI is InChI=1S/C8H5Cl2NOS/c1-12-5-2-6(9)8(11-4-13)7(10)3-5/h2-3H,1H3. The van der Waals surface area contributed by atoms with Crippen LogP contribution in [-0.4, -0.2) is 12.3 Å². The zero-order chi connectivity index (χ0) is 9.84. The first-order valence-electron chi connectivity index (χ1n) is 3.30. The zero-order valence-electron chi connectivity index (χ0n) is 6.67. The quantitative estimate of drug-likeness (QED) is 0.574. The Bertz CT molecular complexity index is 351. The predicted octanol–water partition coefficient (Wildman–Crippen LogP) is 3.74. The smallest absolute Gasteiger partial charge is 0.121 e. The van der Waals surface area contributed by atoms with Gasteiger partial charge in [-0.05, 0) is 12.2 Å². The van der Waals surface area contributed by atoms with Gasteiger partial charge in [-0.3, -0.25) is 0 Å². The van der Waals surface area contributed by atoms with E-state index in [1.165, 1.54) is 7.11 Å². The molecule has 0 heterocycles. The lowest BCUT2D eigenvalue weighted by Gasteiger charge is -2.03. The van der Waals surface area contributed by atoms with Crippen molar-refractivity contribution in [2.75, 3.05) is 7.11 Å². The van der Waals surface area contributed by atoms with Gasteiger partial charge in [-0.25, -0.2) is 0 Å². The number of methoxy groups -OCH3 is 1. The lowest BCUT2D eigenvalue weighted by molar-refractivity contribution is 0.415. The Hall–Kier alpha value is -0.600.